The van der Waals surface area contributed by atoms with E-state index in [1.807, 2.05) is 61.5 Å². The molecule has 0 spiro atoms. The first-order valence-electron chi connectivity index (χ1n) is 10.6. The Kier molecular flexibility index (Phi) is 7.01. The average Bonchev–Trinajstić information content (AvgIpc) is 2.85. The topological polar surface area (TPSA) is 75.3 Å². The van der Waals surface area contributed by atoms with E-state index in [1.54, 1.807) is 18.2 Å². The molecule has 0 fully saturated rings. The van der Waals surface area contributed by atoms with Crippen LogP contribution in [0.15, 0.2) is 108 Å². The normalized spacial score (nSPS) is 12.1. The molecule has 0 aliphatic rings. The number of carbonyl (C=O) groups is 1. The van der Waals surface area contributed by atoms with Gasteiger partial charge in [-0.2, -0.15) is 0 Å². The first-order valence-corrected chi connectivity index (χ1v) is 12.5. The molecule has 7 heteroatoms. The summed E-state index contributed by atoms with van der Waals surface area (Å²) in [5.74, 6) is -0.414. The molecule has 0 aliphatic carbocycles. The predicted molar refractivity (Wildman–Crippen MR) is 136 cm³/mol. The fourth-order valence-electron chi connectivity index (χ4n) is 3.68. The van der Waals surface area contributed by atoms with Crippen LogP contribution in [-0.2, 0) is 10.0 Å². The van der Waals surface area contributed by atoms with Gasteiger partial charge in [0.05, 0.1) is 21.5 Å². The number of nitrogens with one attached hydrogen (secondary N) is 2. The number of halogens is 1. The number of amides is 1. The number of sulfonamides is 1. The second-order valence-electron chi connectivity index (χ2n) is 7.79. The quantitative estimate of drug-likeness (QED) is 0.335. The molecule has 172 valence electrons. The van der Waals surface area contributed by atoms with Crippen molar-refractivity contribution in [3.05, 3.63) is 130 Å². The van der Waals surface area contributed by atoms with Gasteiger partial charge in [0, 0.05) is 5.69 Å². The Bertz CT molecular complexity index is 1410. The average molecular weight is 491 g/mol. The fourth-order valence-corrected chi connectivity index (χ4v) is 4.96. The summed E-state index contributed by atoms with van der Waals surface area (Å²) in [5, 5.41) is 3.29. The van der Waals surface area contributed by atoms with Crippen molar-refractivity contribution in [1.82, 2.24) is 5.32 Å². The molecule has 34 heavy (non-hydrogen) atoms. The molecule has 0 bridgehead atoms. The molecule has 0 saturated heterocycles. The number of rotatable bonds is 7. The molecule has 2 N–H and O–H groups in total. The highest BCUT2D eigenvalue weighted by Crippen LogP contribution is 2.28. The van der Waals surface area contributed by atoms with E-state index in [-0.39, 0.29) is 21.2 Å². The number of hydrogen-bond acceptors (Lipinski definition) is 3. The van der Waals surface area contributed by atoms with E-state index >= 15 is 0 Å². The summed E-state index contributed by atoms with van der Waals surface area (Å²) >= 11 is 6.35. The summed E-state index contributed by atoms with van der Waals surface area (Å²) in [6.45, 7) is 1.99. The van der Waals surface area contributed by atoms with Gasteiger partial charge in [-0.05, 0) is 53.9 Å². The highest BCUT2D eigenvalue weighted by Gasteiger charge is 2.22. The molecule has 0 aliphatic heterocycles. The van der Waals surface area contributed by atoms with Gasteiger partial charge in [0.25, 0.3) is 15.9 Å². The molecule has 0 radical (unpaired) electrons. The van der Waals surface area contributed by atoms with Crippen LogP contribution < -0.4 is 10.0 Å². The van der Waals surface area contributed by atoms with Gasteiger partial charge in [-0.3, -0.25) is 9.52 Å². The second kappa shape index (κ2) is 10.1. The molecular formula is C27H23ClN2O3S. The number of aryl methyl sites for hydroxylation is 1. The Labute approximate surface area is 204 Å². The maximum absolute atomic E-state index is 13.3. The molecule has 0 saturated carbocycles. The van der Waals surface area contributed by atoms with Crippen LogP contribution >= 0.6 is 11.6 Å². The Balaban J connectivity index is 1.65. The summed E-state index contributed by atoms with van der Waals surface area (Å²) in [5.41, 5.74) is 3.32. The summed E-state index contributed by atoms with van der Waals surface area (Å²) in [7, 11) is -3.81. The summed E-state index contributed by atoms with van der Waals surface area (Å²) in [4.78, 5) is 13.5. The lowest BCUT2D eigenvalue weighted by Gasteiger charge is -2.22. The van der Waals surface area contributed by atoms with Crippen LogP contribution in [0.25, 0.3) is 0 Å². The van der Waals surface area contributed by atoms with Gasteiger partial charge < -0.3 is 5.32 Å². The Morgan fingerprint density at radius 2 is 1.44 bits per heavy atom. The lowest BCUT2D eigenvalue weighted by Crippen LogP contribution is -2.30. The third-order valence-electron chi connectivity index (χ3n) is 5.42. The van der Waals surface area contributed by atoms with E-state index in [9.17, 15) is 13.2 Å². The monoisotopic (exact) mass is 490 g/mol. The highest BCUT2D eigenvalue weighted by molar-refractivity contribution is 7.92. The van der Waals surface area contributed by atoms with Gasteiger partial charge in [-0.25, -0.2) is 8.42 Å². The van der Waals surface area contributed by atoms with Crippen molar-refractivity contribution in [1.29, 1.82) is 0 Å². The summed E-state index contributed by atoms with van der Waals surface area (Å²) in [6, 6.07) is 29.6. The fraction of sp³-hybridized carbons (Fsp3) is 0.0741. The van der Waals surface area contributed by atoms with Crippen LogP contribution in [0, 0.1) is 6.92 Å². The van der Waals surface area contributed by atoms with Gasteiger partial charge >= 0.3 is 0 Å². The summed E-state index contributed by atoms with van der Waals surface area (Å²) < 4.78 is 27.9. The van der Waals surface area contributed by atoms with Crippen molar-refractivity contribution in [3.63, 3.8) is 0 Å². The Morgan fingerprint density at radius 1 is 0.824 bits per heavy atom. The van der Waals surface area contributed by atoms with Gasteiger partial charge in [0.1, 0.15) is 0 Å². The largest absolute Gasteiger partial charge is 0.341 e. The predicted octanol–water partition coefficient (Wildman–Crippen LogP) is 5.97. The van der Waals surface area contributed by atoms with Crippen LogP contribution in [0.2, 0.25) is 5.02 Å². The zero-order valence-corrected chi connectivity index (χ0v) is 20.0. The van der Waals surface area contributed by atoms with Crippen LogP contribution in [0.3, 0.4) is 0 Å². The molecule has 0 unspecified atom stereocenters. The molecule has 1 amide bonds. The SMILES string of the molecule is Cc1ccccc1[C@@H](NC(=O)c1cc(NS(=O)(=O)c2ccccc2)ccc1Cl)c1ccccc1. The molecule has 0 aromatic heterocycles. The Morgan fingerprint density at radius 3 is 2.12 bits per heavy atom. The van der Waals surface area contributed by atoms with Crippen molar-refractivity contribution in [2.45, 2.75) is 17.9 Å². The molecular weight excluding hydrogens is 468 g/mol. The second-order valence-corrected chi connectivity index (χ2v) is 9.88. The van der Waals surface area contributed by atoms with Crippen LogP contribution in [0.1, 0.15) is 33.1 Å². The van der Waals surface area contributed by atoms with Crippen LogP contribution in [-0.4, -0.2) is 14.3 Å². The third-order valence-corrected chi connectivity index (χ3v) is 7.15. The van der Waals surface area contributed by atoms with Crippen molar-refractivity contribution >= 4 is 33.2 Å². The third kappa shape index (κ3) is 5.30. The first kappa shape index (κ1) is 23.5. The number of hydrogen-bond donors (Lipinski definition) is 2. The van der Waals surface area contributed by atoms with Gasteiger partial charge in [-0.15, -0.1) is 0 Å². The standard InChI is InChI=1S/C27H23ClN2O3S/c1-19-10-8-9-15-23(19)26(20-11-4-2-5-12-20)29-27(31)24-18-21(16-17-25(24)28)30-34(32,33)22-13-6-3-7-14-22/h2-18,26,30H,1H3,(H,29,31)/t26-/m0/s1. The summed E-state index contributed by atoms with van der Waals surface area (Å²) in [6.07, 6.45) is 0. The van der Waals surface area contributed by atoms with Gasteiger partial charge in [0.2, 0.25) is 0 Å². The van der Waals surface area contributed by atoms with Gasteiger partial charge in [-0.1, -0.05) is 84.4 Å². The van der Waals surface area contributed by atoms with Crippen molar-refractivity contribution in [2.24, 2.45) is 0 Å². The number of carbonyl (C=O) groups excluding carboxylic acids is 1. The molecule has 5 nitrogen and oxygen atoms in total. The van der Waals surface area contributed by atoms with E-state index in [1.165, 1.54) is 30.3 Å². The highest BCUT2D eigenvalue weighted by atomic mass is 35.5. The number of benzene rings is 4. The van der Waals surface area contributed by atoms with E-state index in [2.05, 4.69) is 10.0 Å². The molecule has 4 rings (SSSR count). The number of anilines is 1. The smallest absolute Gasteiger partial charge is 0.261 e. The van der Waals surface area contributed by atoms with Gasteiger partial charge in [0.15, 0.2) is 0 Å². The zero-order valence-electron chi connectivity index (χ0n) is 18.4. The molecule has 1 atom stereocenters. The van der Waals surface area contributed by atoms with E-state index in [4.69, 9.17) is 11.6 Å². The first-order chi connectivity index (χ1) is 16.3. The minimum absolute atomic E-state index is 0.125. The van der Waals surface area contributed by atoms with E-state index < -0.39 is 22.0 Å². The van der Waals surface area contributed by atoms with Crippen LogP contribution in [0.5, 0.6) is 0 Å². The van der Waals surface area contributed by atoms with Crippen molar-refractivity contribution in [3.8, 4) is 0 Å². The molecule has 0 heterocycles. The Hall–Kier alpha value is -3.61. The lowest BCUT2D eigenvalue weighted by molar-refractivity contribution is 0.0943. The minimum Gasteiger partial charge on any atom is -0.341 e. The van der Waals surface area contributed by atoms with Crippen LogP contribution in [0.4, 0.5) is 5.69 Å². The van der Waals surface area contributed by atoms with Crippen molar-refractivity contribution in [2.75, 3.05) is 4.72 Å². The minimum atomic E-state index is -3.81. The van der Waals surface area contributed by atoms with Crippen molar-refractivity contribution < 1.29 is 13.2 Å². The zero-order chi connectivity index (χ0) is 24.1. The van der Waals surface area contributed by atoms with E-state index in [0.29, 0.717) is 0 Å². The lowest BCUT2D eigenvalue weighted by atomic mass is 9.94. The van der Waals surface area contributed by atoms with E-state index in [0.717, 1.165) is 16.7 Å². The molecule has 4 aromatic rings. The maximum Gasteiger partial charge on any atom is 0.261 e. The molecule has 4 aromatic carbocycles. The maximum atomic E-state index is 13.3.